The van der Waals surface area contributed by atoms with Crippen LogP contribution in [0.15, 0.2) is 24.3 Å². The van der Waals surface area contributed by atoms with Crippen molar-refractivity contribution in [2.45, 2.75) is 38.1 Å². The van der Waals surface area contributed by atoms with Gasteiger partial charge in [-0.3, -0.25) is 4.79 Å². The van der Waals surface area contributed by atoms with E-state index in [1.54, 1.807) is 24.3 Å². The van der Waals surface area contributed by atoms with Crippen molar-refractivity contribution in [1.82, 2.24) is 5.32 Å². The Bertz CT molecular complexity index is 520. The molecule has 0 heterocycles. The molecule has 5 nitrogen and oxygen atoms in total. The van der Waals surface area contributed by atoms with Gasteiger partial charge < -0.3 is 16.2 Å². The first-order valence-electron chi connectivity index (χ1n) is 6.84. The van der Waals surface area contributed by atoms with Gasteiger partial charge >= 0.3 is 5.97 Å². The summed E-state index contributed by atoms with van der Waals surface area (Å²) < 4.78 is 0. The van der Waals surface area contributed by atoms with E-state index in [1.165, 1.54) is 0 Å². The Labute approximate surface area is 118 Å². The van der Waals surface area contributed by atoms with Gasteiger partial charge in [-0.1, -0.05) is 13.0 Å². The van der Waals surface area contributed by atoms with Gasteiger partial charge in [0, 0.05) is 11.3 Å². The Balaban J connectivity index is 2.17. The molecule has 1 aromatic rings. The fourth-order valence-corrected chi connectivity index (χ4v) is 2.62. The molecule has 0 saturated heterocycles. The van der Waals surface area contributed by atoms with E-state index < -0.39 is 11.5 Å². The molecule has 1 saturated carbocycles. The number of carbonyl (C=O) groups is 2. The molecular weight excluding hydrogens is 256 g/mol. The highest BCUT2D eigenvalue weighted by Crippen LogP contribution is 2.32. The number of aliphatic carboxylic acids is 1. The summed E-state index contributed by atoms with van der Waals surface area (Å²) >= 11 is 0. The number of anilines is 1. The monoisotopic (exact) mass is 276 g/mol. The number of nitrogens with one attached hydrogen (secondary N) is 1. The van der Waals surface area contributed by atoms with E-state index in [9.17, 15) is 14.7 Å². The summed E-state index contributed by atoms with van der Waals surface area (Å²) in [5.74, 6) is -0.831. The first kappa shape index (κ1) is 14.4. The molecule has 4 N–H and O–H groups in total. The third-order valence-electron chi connectivity index (χ3n) is 4.04. The quantitative estimate of drug-likeness (QED) is 0.736. The summed E-state index contributed by atoms with van der Waals surface area (Å²) in [5, 5.41) is 12.2. The molecule has 1 aromatic carbocycles. The number of hydrogen-bond acceptors (Lipinski definition) is 3. The average molecular weight is 276 g/mol. The summed E-state index contributed by atoms with van der Waals surface area (Å²) in [5.41, 5.74) is 5.38. The highest BCUT2D eigenvalue weighted by molar-refractivity contribution is 5.98. The van der Waals surface area contributed by atoms with Crippen LogP contribution in [0.2, 0.25) is 0 Å². The Morgan fingerprint density at radius 1 is 1.35 bits per heavy atom. The van der Waals surface area contributed by atoms with Crippen LogP contribution >= 0.6 is 0 Å². The Morgan fingerprint density at radius 3 is 2.55 bits per heavy atom. The lowest BCUT2D eigenvalue weighted by atomic mass is 9.77. The summed E-state index contributed by atoms with van der Waals surface area (Å²) in [6.45, 7) is 2.10. The van der Waals surface area contributed by atoms with E-state index in [1.807, 2.05) is 0 Å². The van der Waals surface area contributed by atoms with Gasteiger partial charge in [0.15, 0.2) is 0 Å². The highest BCUT2D eigenvalue weighted by atomic mass is 16.4. The molecule has 2 rings (SSSR count). The predicted octanol–water partition coefficient (Wildman–Crippen LogP) is 2.03. The van der Waals surface area contributed by atoms with Crippen LogP contribution in [0.1, 0.15) is 43.0 Å². The molecule has 0 unspecified atom stereocenters. The minimum Gasteiger partial charge on any atom is -0.480 e. The van der Waals surface area contributed by atoms with Crippen LogP contribution in [-0.2, 0) is 4.79 Å². The smallest absolute Gasteiger partial charge is 0.329 e. The lowest BCUT2D eigenvalue weighted by molar-refractivity contribution is -0.146. The zero-order chi connectivity index (χ0) is 14.8. The number of rotatable bonds is 3. The number of nitrogen functional groups attached to an aromatic ring is 1. The summed E-state index contributed by atoms with van der Waals surface area (Å²) in [4.78, 5) is 23.8. The highest BCUT2D eigenvalue weighted by Gasteiger charge is 2.42. The SMILES string of the molecule is CC1CCC(NC(=O)c2cccc(N)c2)(C(=O)O)CC1. The number of hydrogen-bond donors (Lipinski definition) is 3. The maximum atomic E-state index is 12.2. The Hall–Kier alpha value is -2.04. The topological polar surface area (TPSA) is 92.4 Å². The molecule has 0 aliphatic heterocycles. The molecule has 1 aliphatic rings. The average Bonchev–Trinajstić information content (AvgIpc) is 2.41. The zero-order valence-electron chi connectivity index (χ0n) is 11.6. The summed E-state index contributed by atoms with van der Waals surface area (Å²) in [6, 6.07) is 6.55. The zero-order valence-corrected chi connectivity index (χ0v) is 11.6. The van der Waals surface area contributed by atoms with E-state index in [0.29, 0.717) is 30.0 Å². The molecule has 5 heteroatoms. The van der Waals surface area contributed by atoms with Crippen LogP contribution in [0.3, 0.4) is 0 Å². The van der Waals surface area contributed by atoms with E-state index in [2.05, 4.69) is 12.2 Å². The maximum absolute atomic E-state index is 12.2. The number of carboxylic acids is 1. The molecule has 0 radical (unpaired) electrons. The van der Waals surface area contributed by atoms with E-state index >= 15 is 0 Å². The largest absolute Gasteiger partial charge is 0.480 e. The molecule has 0 bridgehead atoms. The lowest BCUT2D eigenvalue weighted by Gasteiger charge is -2.36. The molecular formula is C15H20N2O3. The predicted molar refractivity (Wildman–Crippen MR) is 76.3 cm³/mol. The molecule has 1 aliphatic carbocycles. The molecule has 1 fully saturated rings. The van der Waals surface area contributed by atoms with Crippen molar-refractivity contribution in [2.24, 2.45) is 5.92 Å². The molecule has 0 spiro atoms. The van der Waals surface area contributed by atoms with Gasteiger partial charge in [0.05, 0.1) is 0 Å². The van der Waals surface area contributed by atoms with Crippen LogP contribution in [0, 0.1) is 5.92 Å². The first-order chi connectivity index (χ1) is 9.43. The second kappa shape index (κ2) is 5.53. The molecule has 1 amide bonds. The van der Waals surface area contributed by atoms with Crippen molar-refractivity contribution in [2.75, 3.05) is 5.73 Å². The number of carbonyl (C=O) groups excluding carboxylic acids is 1. The van der Waals surface area contributed by atoms with Crippen LogP contribution in [-0.4, -0.2) is 22.5 Å². The molecule has 108 valence electrons. The van der Waals surface area contributed by atoms with E-state index in [4.69, 9.17) is 5.73 Å². The normalized spacial score (nSPS) is 25.9. The first-order valence-corrected chi connectivity index (χ1v) is 6.84. The van der Waals surface area contributed by atoms with Crippen LogP contribution in [0.25, 0.3) is 0 Å². The minimum absolute atomic E-state index is 0.380. The van der Waals surface area contributed by atoms with Crippen molar-refractivity contribution in [1.29, 1.82) is 0 Å². The molecule has 0 aromatic heterocycles. The second-order valence-electron chi connectivity index (χ2n) is 5.65. The van der Waals surface area contributed by atoms with Gasteiger partial charge in [0.25, 0.3) is 5.91 Å². The van der Waals surface area contributed by atoms with Crippen molar-refractivity contribution < 1.29 is 14.7 Å². The van der Waals surface area contributed by atoms with Gasteiger partial charge in [-0.05, 0) is 49.8 Å². The summed E-state index contributed by atoms with van der Waals surface area (Å²) in [6.07, 6.45) is 2.56. The van der Waals surface area contributed by atoms with Gasteiger partial charge in [0.1, 0.15) is 5.54 Å². The van der Waals surface area contributed by atoms with Gasteiger partial charge in [-0.25, -0.2) is 4.79 Å². The van der Waals surface area contributed by atoms with Crippen LogP contribution in [0.4, 0.5) is 5.69 Å². The lowest BCUT2D eigenvalue weighted by Crippen LogP contribution is -2.56. The summed E-state index contributed by atoms with van der Waals surface area (Å²) in [7, 11) is 0. The standard InChI is InChI=1S/C15H20N2O3/c1-10-5-7-15(8-6-10,14(19)20)17-13(18)11-3-2-4-12(16)9-11/h2-4,9-10H,5-8,16H2,1H3,(H,17,18)(H,19,20). The van der Waals surface area contributed by atoms with Crippen molar-refractivity contribution in [3.8, 4) is 0 Å². The Kier molecular flexibility index (Phi) is 3.97. The third kappa shape index (κ3) is 2.92. The second-order valence-corrected chi connectivity index (χ2v) is 5.65. The number of nitrogens with two attached hydrogens (primary N) is 1. The number of carboxylic acid groups (broad SMARTS) is 1. The maximum Gasteiger partial charge on any atom is 0.329 e. The fraction of sp³-hybridized carbons (Fsp3) is 0.467. The van der Waals surface area contributed by atoms with E-state index in [0.717, 1.165) is 12.8 Å². The molecule has 20 heavy (non-hydrogen) atoms. The van der Waals surface area contributed by atoms with Crippen LogP contribution in [0.5, 0.6) is 0 Å². The van der Waals surface area contributed by atoms with Crippen molar-refractivity contribution in [3.63, 3.8) is 0 Å². The third-order valence-corrected chi connectivity index (χ3v) is 4.04. The minimum atomic E-state index is -1.14. The van der Waals surface area contributed by atoms with Gasteiger partial charge in [-0.15, -0.1) is 0 Å². The Morgan fingerprint density at radius 2 is 2.00 bits per heavy atom. The van der Waals surface area contributed by atoms with Crippen molar-refractivity contribution >= 4 is 17.6 Å². The van der Waals surface area contributed by atoms with Gasteiger partial charge in [0.2, 0.25) is 0 Å². The number of benzene rings is 1. The van der Waals surface area contributed by atoms with E-state index in [-0.39, 0.29) is 5.91 Å². The van der Waals surface area contributed by atoms with Crippen LogP contribution < -0.4 is 11.1 Å². The van der Waals surface area contributed by atoms with Gasteiger partial charge in [-0.2, -0.15) is 0 Å². The van der Waals surface area contributed by atoms with Crippen molar-refractivity contribution in [3.05, 3.63) is 29.8 Å². The fourth-order valence-electron chi connectivity index (χ4n) is 2.62. The number of amides is 1. The molecule has 0 atom stereocenters.